The molecule has 0 atom stereocenters. The average molecular weight is 252 g/mol. The number of hydrogen-bond acceptors (Lipinski definition) is 2. The molecule has 0 bridgehead atoms. The Morgan fingerprint density at radius 2 is 1.58 bits per heavy atom. The lowest BCUT2D eigenvalue weighted by molar-refractivity contribution is -0.134. The van der Waals surface area contributed by atoms with Crippen molar-refractivity contribution in [3.8, 4) is 5.75 Å². The molecule has 0 N–H and O–H groups in total. The van der Waals surface area contributed by atoms with Crippen LogP contribution in [0.2, 0.25) is 0 Å². The Morgan fingerprint density at radius 3 is 2.16 bits per heavy atom. The van der Waals surface area contributed by atoms with E-state index in [1.807, 2.05) is 42.5 Å². The lowest BCUT2D eigenvalue weighted by atomic mass is 10.00. The molecule has 0 unspecified atom stereocenters. The Hall–Kier alpha value is -2.35. The number of carbonyl (C=O) groups is 1. The van der Waals surface area contributed by atoms with E-state index in [1.54, 1.807) is 19.1 Å². The van der Waals surface area contributed by atoms with Gasteiger partial charge in [0.15, 0.2) is 0 Å². The standard InChI is InChI=1S/C17H16O2/c1-3-17(18)19-16-11-9-15(10-12-16)13(2)14-7-5-4-6-8-14/h4-12H,2-3H2,1H3. The van der Waals surface area contributed by atoms with Crippen molar-refractivity contribution in [2.24, 2.45) is 0 Å². The minimum atomic E-state index is -0.227. The molecule has 0 saturated heterocycles. The van der Waals surface area contributed by atoms with Crippen molar-refractivity contribution in [2.45, 2.75) is 13.3 Å². The Kier molecular flexibility index (Phi) is 4.14. The fraction of sp³-hybridized carbons (Fsp3) is 0.118. The van der Waals surface area contributed by atoms with Crippen LogP contribution in [0, 0.1) is 0 Å². The molecular formula is C17H16O2. The molecule has 2 rings (SSSR count). The lowest BCUT2D eigenvalue weighted by Crippen LogP contribution is -2.05. The minimum absolute atomic E-state index is 0.227. The minimum Gasteiger partial charge on any atom is -0.427 e. The summed E-state index contributed by atoms with van der Waals surface area (Å²) in [6.45, 7) is 5.87. The van der Waals surface area contributed by atoms with Crippen LogP contribution in [0.1, 0.15) is 24.5 Å². The average Bonchev–Trinajstić information content (AvgIpc) is 2.48. The molecule has 0 aromatic heterocycles. The largest absolute Gasteiger partial charge is 0.427 e. The van der Waals surface area contributed by atoms with E-state index in [2.05, 4.69) is 6.58 Å². The van der Waals surface area contributed by atoms with Gasteiger partial charge in [0, 0.05) is 6.42 Å². The van der Waals surface area contributed by atoms with Crippen molar-refractivity contribution in [1.29, 1.82) is 0 Å². The fourth-order valence-electron chi connectivity index (χ4n) is 1.73. The van der Waals surface area contributed by atoms with Gasteiger partial charge >= 0.3 is 5.97 Å². The summed E-state index contributed by atoms with van der Waals surface area (Å²) in [6, 6.07) is 17.4. The van der Waals surface area contributed by atoms with E-state index >= 15 is 0 Å². The van der Waals surface area contributed by atoms with E-state index in [1.165, 1.54) is 0 Å². The van der Waals surface area contributed by atoms with Crippen molar-refractivity contribution in [3.63, 3.8) is 0 Å². The predicted octanol–water partition coefficient (Wildman–Crippen LogP) is 4.06. The van der Waals surface area contributed by atoms with Crippen LogP contribution in [0.5, 0.6) is 5.75 Å². The Bertz CT molecular complexity index is 568. The van der Waals surface area contributed by atoms with Gasteiger partial charge in [-0.05, 0) is 28.8 Å². The predicted molar refractivity (Wildman–Crippen MR) is 76.9 cm³/mol. The smallest absolute Gasteiger partial charge is 0.310 e. The fourth-order valence-corrected chi connectivity index (χ4v) is 1.73. The number of hydrogen-bond donors (Lipinski definition) is 0. The molecule has 0 aliphatic carbocycles. The molecule has 0 aliphatic rings. The third-order valence-corrected chi connectivity index (χ3v) is 2.85. The second-order valence-corrected chi connectivity index (χ2v) is 4.20. The van der Waals surface area contributed by atoms with Gasteiger partial charge in [0.1, 0.15) is 5.75 Å². The van der Waals surface area contributed by atoms with Gasteiger partial charge in [-0.15, -0.1) is 0 Å². The van der Waals surface area contributed by atoms with E-state index in [9.17, 15) is 4.79 Å². The van der Waals surface area contributed by atoms with Crippen molar-refractivity contribution >= 4 is 11.5 Å². The van der Waals surface area contributed by atoms with Crippen molar-refractivity contribution in [3.05, 3.63) is 72.3 Å². The van der Waals surface area contributed by atoms with Crippen LogP contribution in [-0.2, 0) is 4.79 Å². The van der Waals surface area contributed by atoms with E-state index < -0.39 is 0 Å². The molecule has 0 spiro atoms. The number of benzene rings is 2. The summed E-state index contributed by atoms with van der Waals surface area (Å²) in [5, 5.41) is 0. The molecule has 0 radical (unpaired) electrons. The first-order valence-corrected chi connectivity index (χ1v) is 6.26. The molecule has 2 aromatic carbocycles. The molecule has 0 aliphatic heterocycles. The van der Waals surface area contributed by atoms with Gasteiger partial charge in [-0.3, -0.25) is 4.79 Å². The van der Waals surface area contributed by atoms with Gasteiger partial charge in [-0.2, -0.15) is 0 Å². The second-order valence-electron chi connectivity index (χ2n) is 4.20. The number of ether oxygens (including phenoxy) is 1. The number of carbonyl (C=O) groups excluding carboxylic acids is 1. The maximum atomic E-state index is 11.2. The normalized spacial score (nSPS) is 9.95. The Labute approximate surface area is 113 Å². The number of rotatable bonds is 4. The van der Waals surface area contributed by atoms with E-state index in [0.29, 0.717) is 12.2 Å². The molecule has 0 heterocycles. The molecular weight excluding hydrogens is 236 g/mol. The summed E-state index contributed by atoms with van der Waals surface area (Å²) in [6.07, 6.45) is 0.373. The summed E-state index contributed by atoms with van der Waals surface area (Å²) >= 11 is 0. The Balaban J connectivity index is 2.15. The van der Waals surface area contributed by atoms with Crippen LogP contribution in [0.4, 0.5) is 0 Å². The first-order valence-electron chi connectivity index (χ1n) is 6.26. The SMILES string of the molecule is C=C(c1ccccc1)c1ccc(OC(=O)CC)cc1. The first-order chi connectivity index (χ1) is 9.20. The third-order valence-electron chi connectivity index (χ3n) is 2.85. The van der Waals surface area contributed by atoms with Gasteiger partial charge in [-0.25, -0.2) is 0 Å². The summed E-state index contributed by atoms with van der Waals surface area (Å²) in [4.78, 5) is 11.2. The summed E-state index contributed by atoms with van der Waals surface area (Å²) < 4.78 is 5.14. The van der Waals surface area contributed by atoms with Crippen molar-refractivity contribution in [1.82, 2.24) is 0 Å². The van der Waals surface area contributed by atoms with Gasteiger partial charge < -0.3 is 4.74 Å². The molecule has 96 valence electrons. The van der Waals surface area contributed by atoms with Crippen LogP contribution >= 0.6 is 0 Å². The molecule has 0 fully saturated rings. The molecule has 19 heavy (non-hydrogen) atoms. The highest BCUT2D eigenvalue weighted by Crippen LogP contribution is 2.23. The lowest BCUT2D eigenvalue weighted by Gasteiger charge is -2.07. The van der Waals surface area contributed by atoms with Crippen molar-refractivity contribution < 1.29 is 9.53 Å². The topological polar surface area (TPSA) is 26.3 Å². The van der Waals surface area contributed by atoms with Crippen LogP contribution in [0.25, 0.3) is 5.57 Å². The first kappa shape index (κ1) is 13.1. The van der Waals surface area contributed by atoms with Crippen LogP contribution in [-0.4, -0.2) is 5.97 Å². The summed E-state index contributed by atoms with van der Waals surface area (Å²) in [5.74, 6) is 0.339. The van der Waals surface area contributed by atoms with E-state index in [-0.39, 0.29) is 5.97 Å². The zero-order valence-corrected chi connectivity index (χ0v) is 10.9. The van der Waals surface area contributed by atoms with Crippen LogP contribution < -0.4 is 4.74 Å². The monoisotopic (exact) mass is 252 g/mol. The zero-order chi connectivity index (χ0) is 13.7. The van der Waals surface area contributed by atoms with Gasteiger partial charge in [0.05, 0.1) is 0 Å². The Morgan fingerprint density at radius 1 is 1.00 bits per heavy atom. The maximum absolute atomic E-state index is 11.2. The van der Waals surface area contributed by atoms with Crippen molar-refractivity contribution in [2.75, 3.05) is 0 Å². The highest BCUT2D eigenvalue weighted by Gasteiger charge is 2.04. The second kappa shape index (κ2) is 6.01. The summed E-state index contributed by atoms with van der Waals surface area (Å²) in [7, 11) is 0. The van der Waals surface area contributed by atoms with Gasteiger partial charge in [0.2, 0.25) is 0 Å². The molecule has 0 amide bonds. The van der Waals surface area contributed by atoms with E-state index in [0.717, 1.165) is 16.7 Å². The van der Waals surface area contributed by atoms with Crippen LogP contribution in [0.3, 0.4) is 0 Å². The molecule has 2 aromatic rings. The van der Waals surface area contributed by atoms with E-state index in [4.69, 9.17) is 4.74 Å². The highest BCUT2D eigenvalue weighted by atomic mass is 16.5. The zero-order valence-electron chi connectivity index (χ0n) is 10.9. The highest BCUT2D eigenvalue weighted by molar-refractivity contribution is 5.78. The quantitative estimate of drug-likeness (QED) is 0.605. The molecule has 2 nitrogen and oxygen atoms in total. The summed E-state index contributed by atoms with van der Waals surface area (Å²) in [5.41, 5.74) is 3.05. The molecule has 0 saturated carbocycles. The number of esters is 1. The maximum Gasteiger partial charge on any atom is 0.310 e. The van der Waals surface area contributed by atoms with Gasteiger partial charge in [-0.1, -0.05) is 56.0 Å². The van der Waals surface area contributed by atoms with Gasteiger partial charge in [0.25, 0.3) is 0 Å². The van der Waals surface area contributed by atoms with Crippen LogP contribution in [0.15, 0.2) is 61.2 Å². The molecule has 2 heteroatoms. The third kappa shape index (κ3) is 3.32.